The highest BCUT2D eigenvalue weighted by molar-refractivity contribution is 6.08. The summed E-state index contributed by atoms with van der Waals surface area (Å²) in [6, 6.07) is 8.31. The highest BCUT2D eigenvalue weighted by atomic mass is 16.1. The van der Waals surface area contributed by atoms with E-state index in [1.165, 1.54) is 24.8 Å². The summed E-state index contributed by atoms with van der Waals surface area (Å²) in [7, 11) is 0. The van der Waals surface area contributed by atoms with Crippen molar-refractivity contribution in [1.29, 1.82) is 0 Å². The van der Waals surface area contributed by atoms with E-state index >= 15 is 0 Å². The third-order valence-corrected chi connectivity index (χ3v) is 4.08. The van der Waals surface area contributed by atoms with Gasteiger partial charge in [-0.3, -0.25) is 4.79 Å². The SMILES string of the molecule is O=C(C1=CCCC1)c1ccc(C2CCC2)cc1. The molecule has 0 heterocycles. The molecule has 1 nitrogen and oxygen atoms in total. The summed E-state index contributed by atoms with van der Waals surface area (Å²) in [5.74, 6) is 0.993. The highest BCUT2D eigenvalue weighted by Gasteiger charge is 2.20. The Morgan fingerprint density at radius 3 is 2.35 bits per heavy atom. The van der Waals surface area contributed by atoms with Gasteiger partial charge in [0.15, 0.2) is 5.78 Å². The predicted molar refractivity (Wildman–Crippen MR) is 69.3 cm³/mol. The van der Waals surface area contributed by atoms with E-state index < -0.39 is 0 Å². The van der Waals surface area contributed by atoms with Crippen LogP contribution < -0.4 is 0 Å². The molecule has 2 aliphatic rings. The molecule has 0 radical (unpaired) electrons. The van der Waals surface area contributed by atoms with Crippen LogP contribution in [0.2, 0.25) is 0 Å². The van der Waals surface area contributed by atoms with Crippen LogP contribution in [0.25, 0.3) is 0 Å². The Kier molecular flexibility index (Phi) is 2.84. The van der Waals surface area contributed by atoms with Gasteiger partial charge in [-0.15, -0.1) is 0 Å². The Balaban J connectivity index is 1.77. The van der Waals surface area contributed by atoms with Crippen LogP contribution in [-0.2, 0) is 0 Å². The zero-order valence-corrected chi connectivity index (χ0v) is 10.1. The van der Waals surface area contributed by atoms with Crippen molar-refractivity contribution in [1.82, 2.24) is 0 Å². The molecule has 2 aliphatic carbocycles. The second kappa shape index (κ2) is 4.48. The van der Waals surface area contributed by atoms with Gasteiger partial charge in [0.1, 0.15) is 0 Å². The molecule has 0 amide bonds. The Bertz CT molecular complexity index is 449. The maximum atomic E-state index is 12.1. The van der Waals surface area contributed by atoms with Crippen LogP contribution in [0.1, 0.15) is 60.4 Å². The fraction of sp³-hybridized carbons (Fsp3) is 0.438. The van der Waals surface area contributed by atoms with Crippen molar-refractivity contribution in [2.75, 3.05) is 0 Å². The average Bonchev–Trinajstić information content (AvgIpc) is 2.80. The number of hydrogen-bond acceptors (Lipinski definition) is 1. The minimum atomic E-state index is 0.239. The number of benzene rings is 1. The first-order chi connectivity index (χ1) is 8.34. The van der Waals surface area contributed by atoms with E-state index in [0.29, 0.717) is 0 Å². The predicted octanol–water partition coefficient (Wildman–Crippen LogP) is 4.25. The van der Waals surface area contributed by atoms with Crippen LogP contribution in [0.3, 0.4) is 0 Å². The number of ketones is 1. The van der Waals surface area contributed by atoms with Crippen molar-refractivity contribution in [3.8, 4) is 0 Å². The van der Waals surface area contributed by atoms with Gasteiger partial charge in [0.2, 0.25) is 0 Å². The fourth-order valence-electron chi connectivity index (χ4n) is 2.71. The number of carbonyl (C=O) groups is 1. The zero-order valence-electron chi connectivity index (χ0n) is 10.1. The third kappa shape index (κ3) is 2.06. The fourth-order valence-corrected chi connectivity index (χ4v) is 2.71. The zero-order chi connectivity index (χ0) is 11.7. The Hall–Kier alpha value is -1.37. The van der Waals surface area contributed by atoms with E-state index in [4.69, 9.17) is 0 Å². The summed E-state index contributed by atoms with van der Waals surface area (Å²) < 4.78 is 0. The monoisotopic (exact) mass is 226 g/mol. The molecule has 0 aliphatic heterocycles. The van der Waals surface area contributed by atoms with Crippen molar-refractivity contribution in [3.05, 3.63) is 47.0 Å². The number of Topliss-reactive ketones (excluding diaryl/α,β-unsaturated/α-hetero) is 1. The first-order valence-corrected chi connectivity index (χ1v) is 6.68. The molecular formula is C16H18O. The molecule has 0 unspecified atom stereocenters. The molecular weight excluding hydrogens is 208 g/mol. The van der Waals surface area contributed by atoms with Crippen LogP contribution in [0.5, 0.6) is 0 Å². The quantitative estimate of drug-likeness (QED) is 0.704. The van der Waals surface area contributed by atoms with Gasteiger partial charge in [-0.1, -0.05) is 36.8 Å². The summed E-state index contributed by atoms with van der Waals surface area (Å²) in [5, 5.41) is 0. The molecule has 1 saturated carbocycles. The van der Waals surface area contributed by atoms with Crippen molar-refractivity contribution >= 4 is 5.78 Å². The van der Waals surface area contributed by atoms with Crippen molar-refractivity contribution < 1.29 is 4.79 Å². The standard InChI is InChI=1S/C16H18O/c17-16(14-4-1-2-5-14)15-10-8-13(9-11-15)12-6-3-7-12/h4,8-12H,1-3,5-7H2. The molecule has 0 atom stereocenters. The van der Waals surface area contributed by atoms with E-state index in [9.17, 15) is 4.79 Å². The summed E-state index contributed by atoms with van der Waals surface area (Å²) in [6.07, 6.45) is 9.27. The number of rotatable bonds is 3. The largest absolute Gasteiger partial charge is 0.289 e. The molecule has 3 rings (SSSR count). The van der Waals surface area contributed by atoms with Gasteiger partial charge in [0.25, 0.3) is 0 Å². The molecule has 1 aromatic rings. The molecule has 1 aromatic carbocycles. The lowest BCUT2D eigenvalue weighted by atomic mass is 9.80. The van der Waals surface area contributed by atoms with E-state index in [2.05, 4.69) is 18.2 Å². The molecule has 0 saturated heterocycles. The summed E-state index contributed by atoms with van der Waals surface area (Å²) in [5.41, 5.74) is 3.29. The first kappa shape index (κ1) is 10.8. The third-order valence-electron chi connectivity index (χ3n) is 4.08. The second-order valence-electron chi connectivity index (χ2n) is 5.20. The summed E-state index contributed by atoms with van der Waals surface area (Å²) in [4.78, 5) is 12.1. The lowest BCUT2D eigenvalue weighted by Crippen LogP contribution is -2.09. The van der Waals surface area contributed by atoms with Gasteiger partial charge in [0, 0.05) is 5.56 Å². The lowest BCUT2D eigenvalue weighted by Gasteiger charge is -2.25. The maximum Gasteiger partial charge on any atom is 0.188 e. The van der Waals surface area contributed by atoms with Crippen molar-refractivity contribution in [3.63, 3.8) is 0 Å². The van der Waals surface area contributed by atoms with Crippen molar-refractivity contribution in [2.24, 2.45) is 0 Å². The number of allylic oxidation sites excluding steroid dienone is 2. The van der Waals surface area contributed by atoms with Gasteiger partial charge < -0.3 is 0 Å². The molecule has 0 spiro atoms. The van der Waals surface area contributed by atoms with Crippen LogP contribution in [0.15, 0.2) is 35.9 Å². The van der Waals surface area contributed by atoms with Gasteiger partial charge in [-0.2, -0.15) is 0 Å². The van der Waals surface area contributed by atoms with Crippen LogP contribution in [0.4, 0.5) is 0 Å². The van der Waals surface area contributed by atoms with Gasteiger partial charge >= 0.3 is 0 Å². The molecule has 0 N–H and O–H groups in total. The van der Waals surface area contributed by atoms with Crippen LogP contribution in [-0.4, -0.2) is 5.78 Å². The summed E-state index contributed by atoms with van der Waals surface area (Å²) in [6.45, 7) is 0. The van der Waals surface area contributed by atoms with Gasteiger partial charge in [-0.05, 0) is 49.2 Å². The molecule has 0 bridgehead atoms. The van der Waals surface area contributed by atoms with E-state index in [-0.39, 0.29) is 5.78 Å². The van der Waals surface area contributed by atoms with E-state index in [0.717, 1.165) is 36.3 Å². The average molecular weight is 226 g/mol. The van der Waals surface area contributed by atoms with Gasteiger partial charge in [-0.25, -0.2) is 0 Å². The van der Waals surface area contributed by atoms with Crippen LogP contribution in [0, 0.1) is 0 Å². The summed E-state index contributed by atoms with van der Waals surface area (Å²) >= 11 is 0. The second-order valence-corrected chi connectivity index (χ2v) is 5.20. The maximum absolute atomic E-state index is 12.1. The lowest BCUT2D eigenvalue weighted by molar-refractivity contribution is 0.103. The minimum absolute atomic E-state index is 0.239. The molecule has 17 heavy (non-hydrogen) atoms. The Morgan fingerprint density at radius 2 is 1.82 bits per heavy atom. The Morgan fingerprint density at radius 1 is 1.06 bits per heavy atom. The first-order valence-electron chi connectivity index (χ1n) is 6.68. The van der Waals surface area contributed by atoms with Crippen molar-refractivity contribution in [2.45, 2.75) is 44.4 Å². The number of hydrogen-bond donors (Lipinski definition) is 0. The minimum Gasteiger partial charge on any atom is -0.289 e. The normalized spacial score (nSPS) is 19.9. The van der Waals surface area contributed by atoms with Crippen LogP contribution >= 0.6 is 0 Å². The van der Waals surface area contributed by atoms with E-state index in [1.807, 2.05) is 12.1 Å². The smallest absolute Gasteiger partial charge is 0.188 e. The molecule has 1 heteroatoms. The van der Waals surface area contributed by atoms with E-state index in [1.54, 1.807) is 0 Å². The molecule has 0 aromatic heterocycles. The number of carbonyl (C=O) groups excluding carboxylic acids is 1. The highest BCUT2D eigenvalue weighted by Crippen LogP contribution is 2.36. The van der Waals surface area contributed by atoms with Gasteiger partial charge in [0.05, 0.1) is 0 Å². The topological polar surface area (TPSA) is 17.1 Å². The molecule has 88 valence electrons. The Labute approximate surface area is 103 Å². The molecule has 1 fully saturated rings.